The number of hydrogen-bond acceptors (Lipinski definition) is 13. The van der Waals surface area contributed by atoms with Crippen molar-refractivity contribution in [3.8, 4) is 11.5 Å². The minimum absolute atomic E-state index is 0.121. The van der Waals surface area contributed by atoms with Crippen LogP contribution in [-0.4, -0.2) is 108 Å². The number of aliphatic hydroxyl groups is 1. The number of nitrogens with one attached hydrogen (secondary N) is 1. The van der Waals surface area contributed by atoms with Gasteiger partial charge >= 0.3 is 23.9 Å². The number of carbonyl (C=O) groups is 5. The third-order valence-electron chi connectivity index (χ3n) is 9.91. The average molecular weight is 674 g/mol. The summed E-state index contributed by atoms with van der Waals surface area (Å²) < 4.78 is 28.0. The molecule has 2 heterocycles. The smallest absolute Gasteiger partial charge is 0.348 e. The number of carboxylic acid groups (broad SMARTS) is 1. The molecule has 2 aliphatic carbocycles. The number of piperidine rings is 1. The topological polar surface area (TPSA) is 213 Å². The first-order valence-corrected chi connectivity index (χ1v) is 16.1. The van der Waals surface area contributed by atoms with Crippen LogP contribution in [0.3, 0.4) is 0 Å². The Labute approximate surface area is 277 Å². The van der Waals surface area contributed by atoms with Gasteiger partial charge in [0.2, 0.25) is 12.0 Å². The van der Waals surface area contributed by atoms with Crippen LogP contribution >= 0.6 is 0 Å². The average Bonchev–Trinajstić information content (AvgIpc) is 3.39. The second kappa shape index (κ2) is 13.7. The van der Waals surface area contributed by atoms with Gasteiger partial charge in [-0.2, -0.15) is 0 Å². The van der Waals surface area contributed by atoms with E-state index in [1.54, 1.807) is 6.08 Å². The summed E-state index contributed by atoms with van der Waals surface area (Å²) >= 11 is 0. The van der Waals surface area contributed by atoms with Gasteiger partial charge in [-0.1, -0.05) is 6.07 Å². The molecule has 48 heavy (non-hydrogen) atoms. The molecule has 1 amide bonds. The van der Waals surface area contributed by atoms with Crippen molar-refractivity contribution in [3.05, 3.63) is 35.1 Å². The number of likely N-dealkylation sites (tertiary alicyclic amines) is 1. The molecular weight excluding hydrogens is 630 g/mol. The number of aliphatic carboxylic acids is 1. The van der Waals surface area contributed by atoms with Crippen molar-refractivity contribution in [3.63, 3.8) is 0 Å². The molecule has 1 fully saturated rings. The molecule has 0 unspecified atom stereocenters. The van der Waals surface area contributed by atoms with Crippen molar-refractivity contribution in [2.75, 3.05) is 27.2 Å². The molecule has 2 aliphatic heterocycles. The first-order chi connectivity index (χ1) is 22.8. The van der Waals surface area contributed by atoms with Crippen LogP contribution in [0.2, 0.25) is 0 Å². The molecule has 0 radical (unpaired) electrons. The molecule has 5 rings (SSSR count). The molecule has 0 aromatic heterocycles. The molecule has 2 bridgehead atoms. The van der Waals surface area contributed by atoms with Gasteiger partial charge in [-0.15, -0.1) is 0 Å². The van der Waals surface area contributed by atoms with E-state index in [1.165, 1.54) is 21.0 Å². The van der Waals surface area contributed by atoms with Crippen LogP contribution < -0.4 is 20.5 Å². The minimum Gasteiger partial charge on any atom is -0.493 e. The van der Waals surface area contributed by atoms with E-state index in [-0.39, 0.29) is 24.6 Å². The highest BCUT2D eigenvalue weighted by Crippen LogP contribution is 2.65. The van der Waals surface area contributed by atoms with Gasteiger partial charge in [0.15, 0.2) is 23.7 Å². The Kier molecular flexibility index (Phi) is 10.0. The zero-order chi connectivity index (χ0) is 35.0. The van der Waals surface area contributed by atoms with Crippen LogP contribution in [-0.2, 0) is 50.0 Å². The molecule has 5 N–H and O–H groups in total. The first kappa shape index (κ1) is 35.1. The highest BCUT2D eigenvalue weighted by molar-refractivity contribution is 5.87. The van der Waals surface area contributed by atoms with Crippen LogP contribution in [0.1, 0.15) is 63.5 Å². The van der Waals surface area contributed by atoms with E-state index in [2.05, 4.69) is 10.2 Å². The molecule has 0 saturated carbocycles. The summed E-state index contributed by atoms with van der Waals surface area (Å²) in [7, 11) is 3.49. The van der Waals surface area contributed by atoms with Crippen LogP contribution in [0, 0.1) is 0 Å². The van der Waals surface area contributed by atoms with Gasteiger partial charge in [0.25, 0.3) is 0 Å². The Balaban J connectivity index is 1.28. The van der Waals surface area contributed by atoms with E-state index < -0.39 is 71.6 Å². The number of unbranched alkanes of at least 4 members (excludes halogenated alkanes) is 1. The Morgan fingerprint density at radius 3 is 2.58 bits per heavy atom. The third kappa shape index (κ3) is 6.10. The Bertz CT molecular complexity index is 1510. The fourth-order valence-electron chi connectivity index (χ4n) is 7.62. The zero-order valence-electron chi connectivity index (χ0n) is 27.5. The standard InChI is InChI=1S/C33H43N3O12/c1-17(45-31(42)20(35-18(2)37)7-5-6-13-34)30(41)47-23(29(39)40)16-25(38)46-22-10-11-33(43)24-15-19-8-9-21(44-4)27-26(19)32(33,28(22)48-27)12-14-36(24)3/h8-10,17,20,23-24,28,43H,5-7,11-16,34H2,1-4H3,(H,35,37)(H,39,40)/t17-,20-,23-,24-,28+,32+,33-/m0/s1. The molecule has 7 atom stereocenters. The van der Waals surface area contributed by atoms with Crippen molar-refractivity contribution in [2.24, 2.45) is 5.73 Å². The van der Waals surface area contributed by atoms with Gasteiger partial charge < -0.3 is 49.8 Å². The van der Waals surface area contributed by atoms with Crippen molar-refractivity contribution in [2.45, 2.75) is 100 Å². The fourth-order valence-corrected chi connectivity index (χ4v) is 7.62. The predicted octanol–water partition coefficient (Wildman–Crippen LogP) is 0.468. The van der Waals surface area contributed by atoms with E-state index in [1.807, 2.05) is 19.2 Å². The number of amides is 1. The quantitative estimate of drug-likeness (QED) is 0.120. The SMILES string of the molecule is COc1ccc2c3c1O[C@@H]1C(OC(=O)C[C@H](OC(=O)[C@H](C)OC(=O)[C@H](CCCCN)NC(C)=O)C(=O)O)=CC[C@]4(O)[C@H](C2)N(C)CC[C@@]314. The number of hydrogen-bond donors (Lipinski definition) is 4. The van der Waals surface area contributed by atoms with E-state index in [0.717, 1.165) is 11.1 Å². The molecule has 1 aromatic rings. The number of nitrogens with zero attached hydrogens (tertiary/aromatic N) is 1. The van der Waals surface area contributed by atoms with E-state index >= 15 is 0 Å². The van der Waals surface area contributed by atoms with Crippen molar-refractivity contribution >= 4 is 29.8 Å². The maximum Gasteiger partial charge on any atom is 0.348 e. The summed E-state index contributed by atoms with van der Waals surface area (Å²) in [6, 6.07) is 2.51. The number of ether oxygens (including phenoxy) is 5. The summed E-state index contributed by atoms with van der Waals surface area (Å²) in [5, 5.41) is 24.6. The maximum atomic E-state index is 13.2. The number of nitrogens with two attached hydrogens (primary N) is 1. The number of benzene rings is 1. The summed E-state index contributed by atoms with van der Waals surface area (Å²) in [5.74, 6) is -4.14. The Morgan fingerprint density at radius 2 is 1.92 bits per heavy atom. The van der Waals surface area contributed by atoms with Gasteiger partial charge in [0, 0.05) is 24.9 Å². The zero-order valence-corrected chi connectivity index (χ0v) is 27.5. The monoisotopic (exact) mass is 673 g/mol. The van der Waals surface area contributed by atoms with E-state index in [0.29, 0.717) is 50.3 Å². The number of esters is 3. The van der Waals surface area contributed by atoms with Crippen molar-refractivity contribution < 1.29 is 57.9 Å². The molecule has 15 heteroatoms. The lowest BCUT2D eigenvalue weighted by Gasteiger charge is -2.61. The van der Waals surface area contributed by atoms with Crippen LogP contribution in [0.25, 0.3) is 0 Å². The molecule has 1 saturated heterocycles. The largest absolute Gasteiger partial charge is 0.493 e. The number of rotatable bonds is 14. The van der Waals surface area contributed by atoms with Gasteiger partial charge in [-0.3, -0.25) is 9.59 Å². The number of carboxylic acids is 1. The highest BCUT2D eigenvalue weighted by atomic mass is 16.6. The summed E-state index contributed by atoms with van der Waals surface area (Å²) in [4.78, 5) is 64.4. The summed E-state index contributed by atoms with van der Waals surface area (Å²) in [5.41, 5.74) is 5.16. The van der Waals surface area contributed by atoms with Gasteiger partial charge in [0.1, 0.15) is 11.8 Å². The lowest BCUT2D eigenvalue weighted by Crippen LogP contribution is -2.74. The molecule has 262 valence electrons. The Morgan fingerprint density at radius 1 is 1.17 bits per heavy atom. The number of likely N-dealkylation sites (N-methyl/N-ethyl adjacent to an activating group) is 1. The van der Waals surface area contributed by atoms with Crippen LogP contribution in [0.5, 0.6) is 11.5 Å². The van der Waals surface area contributed by atoms with Gasteiger partial charge in [-0.05, 0) is 76.9 Å². The lowest BCUT2D eigenvalue weighted by molar-refractivity contribution is -0.180. The van der Waals surface area contributed by atoms with E-state index in [4.69, 9.17) is 29.4 Å². The molecule has 15 nitrogen and oxygen atoms in total. The predicted molar refractivity (Wildman–Crippen MR) is 166 cm³/mol. The molecule has 1 spiro atoms. The summed E-state index contributed by atoms with van der Waals surface area (Å²) in [6.45, 7) is 3.46. The minimum atomic E-state index is -1.96. The van der Waals surface area contributed by atoms with Crippen LogP contribution in [0.4, 0.5) is 0 Å². The fraction of sp³-hybridized carbons (Fsp3) is 0.606. The van der Waals surface area contributed by atoms with Crippen molar-refractivity contribution in [1.82, 2.24) is 10.2 Å². The second-order valence-electron chi connectivity index (χ2n) is 12.8. The second-order valence-corrected chi connectivity index (χ2v) is 12.8. The maximum absolute atomic E-state index is 13.2. The van der Waals surface area contributed by atoms with Gasteiger partial charge in [0.05, 0.1) is 24.5 Å². The first-order valence-electron chi connectivity index (χ1n) is 16.1. The molecular formula is C33H43N3O12. The summed E-state index contributed by atoms with van der Waals surface area (Å²) in [6.07, 6.45) is -1.07. The van der Waals surface area contributed by atoms with Gasteiger partial charge in [-0.25, -0.2) is 14.4 Å². The number of carbonyl (C=O) groups excluding carboxylic acids is 4. The number of methoxy groups -OCH3 is 1. The lowest BCUT2D eigenvalue weighted by atomic mass is 9.50. The molecule has 1 aromatic carbocycles. The highest BCUT2D eigenvalue weighted by Gasteiger charge is 2.72. The van der Waals surface area contributed by atoms with E-state index in [9.17, 15) is 34.2 Å². The molecule has 4 aliphatic rings. The van der Waals surface area contributed by atoms with Crippen molar-refractivity contribution in [1.29, 1.82) is 0 Å². The Hall–Kier alpha value is -4.21. The normalized spacial score (nSPS) is 26.8. The van der Waals surface area contributed by atoms with Crippen LogP contribution in [0.15, 0.2) is 24.0 Å². The third-order valence-corrected chi connectivity index (χ3v) is 9.91.